The van der Waals surface area contributed by atoms with E-state index >= 15 is 0 Å². The highest BCUT2D eigenvalue weighted by Gasteiger charge is 2.13. The van der Waals surface area contributed by atoms with E-state index in [0.717, 1.165) is 10.1 Å². The normalized spacial score (nSPS) is 10.8. The minimum Gasteiger partial charge on any atom is -0.300 e. The number of carbonyl (C=O) groups excluding carboxylic acids is 1. The highest BCUT2D eigenvalue weighted by Crippen LogP contribution is 2.25. The van der Waals surface area contributed by atoms with Crippen LogP contribution in [0.2, 0.25) is 0 Å². The lowest BCUT2D eigenvalue weighted by Gasteiger charge is -2.04. The Bertz CT molecular complexity index is 851. The predicted molar refractivity (Wildman–Crippen MR) is 94.8 cm³/mol. The van der Waals surface area contributed by atoms with Crippen LogP contribution >= 0.6 is 34.9 Å². The molecule has 1 amide bonds. The smallest absolute Gasteiger partial charge is 0.236 e. The zero-order valence-corrected chi connectivity index (χ0v) is 15.4. The van der Waals surface area contributed by atoms with E-state index in [1.807, 2.05) is 6.92 Å². The van der Waals surface area contributed by atoms with E-state index < -0.39 is 0 Å². The number of nitrogens with one attached hydrogen (secondary N) is 1. The summed E-state index contributed by atoms with van der Waals surface area (Å²) in [7, 11) is 0. The monoisotopic (exact) mass is 397 g/mol. The van der Waals surface area contributed by atoms with E-state index in [0.29, 0.717) is 16.0 Å². The number of aromatic nitrogens is 6. The van der Waals surface area contributed by atoms with E-state index in [1.54, 1.807) is 23.9 Å². The number of benzene rings is 1. The Labute approximate surface area is 154 Å². The topological polar surface area (TPSA) is 98.5 Å². The lowest BCUT2D eigenvalue weighted by molar-refractivity contribution is -0.113. The highest BCUT2D eigenvalue weighted by molar-refractivity contribution is 8.01. The number of amides is 1. The molecule has 0 saturated carbocycles. The summed E-state index contributed by atoms with van der Waals surface area (Å²) in [6.07, 6.45) is 0. The maximum Gasteiger partial charge on any atom is 0.236 e. The van der Waals surface area contributed by atoms with E-state index in [4.69, 9.17) is 0 Å². The first-order valence-electron chi connectivity index (χ1n) is 7.09. The second-order valence-electron chi connectivity index (χ2n) is 4.49. The predicted octanol–water partition coefficient (Wildman–Crippen LogP) is 2.50. The maximum atomic E-state index is 13.0. The molecule has 0 atom stereocenters. The van der Waals surface area contributed by atoms with Crippen LogP contribution in [0, 0.1) is 5.82 Å². The first kappa shape index (κ1) is 17.8. The Kier molecular flexibility index (Phi) is 5.94. The third-order valence-electron chi connectivity index (χ3n) is 2.77. The van der Waals surface area contributed by atoms with Gasteiger partial charge in [0.2, 0.25) is 16.2 Å². The Morgan fingerprint density at radius 3 is 2.80 bits per heavy atom. The largest absolute Gasteiger partial charge is 0.300 e. The molecule has 0 aliphatic heterocycles. The molecule has 0 saturated heterocycles. The molecule has 0 fully saturated rings. The molecule has 3 aromatic rings. The summed E-state index contributed by atoms with van der Waals surface area (Å²) in [6, 6.07) is 5.76. The standard InChI is InChI=1S/C13H12FN7OS3/c1-2-23-13-18-16-11(25-13)15-10(22)7-24-12-17-19-20-21(12)9-5-3-8(14)4-6-9/h3-6H,2,7H2,1H3,(H,15,16,22). The summed E-state index contributed by atoms with van der Waals surface area (Å²) >= 11 is 4.07. The van der Waals surface area contributed by atoms with Gasteiger partial charge in [-0.25, -0.2) is 4.39 Å². The molecule has 0 spiro atoms. The minimum atomic E-state index is -0.344. The molecule has 1 aromatic carbocycles. The number of hydrogen-bond donors (Lipinski definition) is 1. The summed E-state index contributed by atoms with van der Waals surface area (Å²) in [5.74, 6) is 0.424. The van der Waals surface area contributed by atoms with E-state index in [1.165, 1.54) is 39.9 Å². The van der Waals surface area contributed by atoms with Gasteiger partial charge in [-0.15, -0.1) is 15.3 Å². The zero-order valence-electron chi connectivity index (χ0n) is 12.9. The quantitative estimate of drug-likeness (QED) is 0.480. The van der Waals surface area contributed by atoms with Gasteiger partial charge in [-0.2, -0.15) is 4.68 Å². The number of rotatable bonds is 7. The number of tetrazole rings is 1. The molecule has 0 aliphatic rings. The van der Waals surface area contributed by atoms with Crippen LogP contribution in [0.15, 0.2) is 33.8 Å². The van der Waals surface area contributed by atoms with Crippen LogP contribution < -0.4 is 5.32 Å². The fourth-order valence-corrected chi connectivity index (χ4v) is 4.10. The fraction of sp³-hybridized carbons (Fsp3) is 0.231. The van der Waals surface area contributed by atoms with E-state index in [2.05, 4.69) is 31.0 Å². The van der Waals surface area contributed by atoms with Crippen LogP contribution in [0.4, 0.5) is 9.52 Å². The molecule has 3 rings (SSSR count). The van der Waals surface area contributed by atoms with Crippen molar-refractivity contribution in [1.82, 2.24) is 30.4 Å². The summed E-state index contributed by atoms with van der Waals surface area (Å²) in [5, 5.41) is 22.8. The molecular weight excluding hydrogens is 385 g/mol. The molecule has 2 aromatic heterocycles. The van der Waals surface area contributed by atoms with Crippen molar-refractivity contribution in [3.05, 3.63) is 30.1 Å². The SMILES string of the molecule is CCSc1nnc(NC(=O)CSc2nnnn2-c2ccc(F)cc2)s1. The van der Waals surface area contributed by atoms with Gasteiger partial charge in [-0.3, -0.25) is 10.1 Å². The van der Waals surface area contributed by atoms with Gasteiger partial charge in [0, 0.05) is 0 Å². The third-order valence-corrected chi connectivity index (χ3v) is 5.54. The lowest BCUT2D eigenvalue weighted by atomic mass is 10.3. The Morgan fingerprint density at radius 2 is 2.04 bits per heavy atom. The van der Waals surface area contributed by atoms with Gasteiger partial charge in [0.15, 0.2) is 4.34 Å². The average molecular weight is 397 g/mol. The first-order valence-corrected chi connectivity index (χ1v) is 9.87. The summed E-state index contributed by atoms with van der Waals surface area (Å²) in [5.41, 5.74) is 0.611. The lowest BCUT2D eigenvalue weighted by Crippen LogP contribution is -2.14. The van der Waals surface area contributed by atoms with Crippen molar-refractivity contribution in [2.45, 2.75) is 16.4 Å². The Balaban J connectivity index is 1.59. The highest BCUT2D eigenvalue weighted by atomic mass is 32.2. The van der Waals surface area contributed by atoms with Gasteiger partial charge >= 0.3 is 0 Å². The van der Waals surface area contributed by atoms with Crippen LogP contribution in [0.25, 0.3) is 5.69 Å². The molecule has 25 heavy (non-hydrogen) atoms. The van der Waals surface area contributed by atoms with Crippen LogP contribution in [0.5, 0.6) is 0 Å². The first-order chi connectivity index (χ1) is 12.2. The number of halogens is 1. The third kappa shape index (κ3) is 4.74. The van der Waals surface area contributed by atoms with Gasteiger partial charge < -0.3 is 0 Å². The Morgan fingerprint density at radius 1 is 1.24 bits per heavy atom. The molecule has 0 unspecified atom stereocenters. The number of carbonyl (C=O) groups is 1. The second-order valence-corrected chi connectivity index (χ2v) is 7.92. The van der Waals surface area contributed by atoms with Crippen molar-refractivity contribution >= 4 is 45.9 Å². The second kappa shape index (κ2) is 8.36. The molecule has 0 bridgehead atoms. The zero-order chi connectivity index (χ0) is 17.6. The molecule has 2 heterocycles. The van der Waals surface area contributed by atoms with Crippen LogP contribution in [0.3, 0.4) is 0 Å². The molecule has 8 nitrogen and oxygen atoms in total. The number of nitrogens with zero attached hydrogens (tertiary/aromatic N) is 6. The maximum absolute atomic E-state index is 13.0. The molecule has 0 aliphatic carbocycles. The van der Waals surface area contributed by atoms with Crippen molar-refractivity contribution < 1.29 is 9.18 Å². The molecule has 0 radical (unpaired) electrons. The van der Waals surface area contributed by atoms with Gasteiger partial charge in [0.1, 0.15) is 5.82 Å². The summed E-state index contributed by atoms with van der Waals surface area (Å²) < 4.78 is 15.3. The number of anilines is 1. The summed E-state index contributed by atoms with van der Waals surface area (Å²) in [4.78, 5) is 12.0. The minimum absolute atomic E-state index is 0.109. The van der Waals surface area contributed by atoms with Crippen molar-refractivity contribution in [2.75, 3.05) is 16.8 Å². The van der Waals surface area contributed by atoms with Crippen molar-refractivity contribution in [1.29, 1.82) is 0 Å². The molecule has 130 valence electrons. The van der Waals surface area contributed by atoms with Crippen molar-refractivity contribution in [3.63, 3.8) is 0 Å². The van der Waals surface area contributed by atoms with Crippen molar-refractivity contribution in [2.24, 2.45) is 0 Å². The van der Waals surface area contributed by atoms with Gasteiger partial charge in [0.25, 0.3) is 0 Å². The van der Waals surface area contributed by atoms with Crippen LogP contribution in [0.1, 0.15) is 6.92 Å². The van der Waals surface area contributed by atoms with Gasteiger partial charge in [-0.05, 0) is 40.4 Å². The van der Waals surface area contributed by atoms with Crippen LogP contribution in [-0.4, -0.2) is 47.8 Å². The van der Waals surface area contributed by atoms with Gasteiger partial charge in [-0.1, -0.05) is 41.8 Å². The number of thioether (sulfide) groups is 2. The summed E-state index contributed by atoms with van der Waals surface area (Å²) in [6.45, 7) is 2.02. The fourth-order valence-electron chi connectivity index (χ4n) is 1.74. The van der Waals surface area contributed by atoms with Gasteiger partial charge in [0.05, 0.1) is 11.4 Å². The Hall–Kier alpha value is -2.05. The van der Waals surface area contributed by atoms with Crippen LogP contribution in [-0.2, 0) is 4.79 Å². The molecule has 12 heteroatoms. The molecular formula is C13H12FN7OS3. The van der Waals surface area contributed by atoms with E-state index in [-0.39, 0.29) is 17.5 Å². The number of hydrogen-bond acceptors (Lipinski definition) is 9. The molecule has 1 N–H and O–H groups in total. The van der Waals surface area contributed by atoms with Crippen molar-refractivity contribution in [3.8, 4) is 5.69 Å². The average Bonchev–Trinajstić information content (AvgIpc) is 3.23. The van der Waals surface area contributed by atoms with E-state index in [9.17, 15) is 9.18 Å².